The van der Waals surface area contributed by atoms with E-state index in [2.05, 4.69) is 6.92 Å². The Morgan fingerprint density at radius 2 is 1.70 bits per heavy atom. The summed E-state index contributed by atoms with van der Waals surface area (Å²) in [6, 6.07) is 11.2. The molecule has 0 radical (unpaired) electrons. The molecule has 2 N–H and O–H groups in total. The average molecular weight is 413 g/mol. The van der Waals surface area contributed by atoms with Crippen LogP contribution < -0.4 is 9.64 Å². The van der Waals surface area contributed by atoms with Gasteiger partial charge in [0.15, 0.2) is 11.5 Å². The minimum absolute atomic E-state index is 0.127. The summed E-state index contributed by atoms with van der Waals surface area (Å²) in [6.07, 6.45) is 2.72. The maximum atomic E-state index is 12.9. The highest BCUT2D eigenvalue weighted by Gasteiger charge is 2.32. The van der Waals surface area contributed by atoms with Gasteiger partial charge in [0.25, 0.3) is 0 Å². The number of phenols is 1. The van der Waals surface area contributed by atoms with Crippen molar-refractivity contribution in [1.82, 2.24) is 0 Å². The summed E-state index contributed by atoms with van der Waals surface area (Å²) in [5.41, 5.74) is 3.26. The molecule has 1 aliphatic rings. The van der Waals surface area contributed by atoms with E-state index in [1.807, 2.05) is 24.3 Å². The first-order valence-electron chi connectivity index (χ1n) is 10.3. The Morgan fingerprint density at radius 3 is 2.30 bits per heavy atom. The van der Waals surface area contributed by atoms with Crippen LogP contribution in [0.15, 0.2) is 42.2 Å². The predicted octanol–water partition coefficient (Wildman–Crippen LogP) is 2.25. The van der Waals surface area contributed by atoms with Crippen molar-refractivity contribution in [3.63, 3.8) is 0 Å². The van der Waals surface area contributed by atoms with Gasteiger partial charge in [-0.2, -0.15) is 0 Å². The zero-order valence-electron chi connectivity index (χ0n) is 17.9. The van der Waals surface area contributed by atoms with Gasteiger partial charge in [0, 0.05) is 14.2 Å². The number of aromatic hydroxyl groups is 1. The summed E-state index contributed by atoms with van der Waals surface area (Å²) in [5, 5.41) is 10.5. The molecule has 6 nitrogen and oxygen atoms in total. The van der Waals surface area contributed by atoms with Crippen LogP contribution in [0.25, 0.3) is 6.08 Å². The van der Waals surface area contributed by atoms with E-state index in [1.165, 1.54) is 10.5 Å². The number of allylic oxidation sites excluding steroid dienone is 1. The van der Waals surface area contributed by atoms with Gasteiger partial charge >= 0.3 is 0 Å². The van der Waals surface area contributed by atoms with Crippen molar-refractivity contribution in [2.75, 3.05) is 40.5 Å². The minimum atomic E-state index is -0.166. The zero-order chi connectivity index (χ0) is 21.5. The summed E-state index contributed by atoms with van der Waals surface area (Å²) in [5.74, 6) is 0.684. The normalized spacial score (nSPS) is 14.4. The van der Waals surface area contributed by atoms with Crippen LogP contribution in [-0.4, -0.2) is 51.4 Å². The third-order valence-electron chi connectivity index (χ3n) is 5.35. The lowest BCUT2D eigenvalue weighted by atomic mass is 10.0. The Balaban J connectivity index is 1.86. The molecule has 0 atom stereocenters. The van der Waals surface area contributed by atoms with Crippen LogP contribution in [0.1, 0.15) is 34.0 Å². The van der Waals surface area contributed by atoms with Gasteiger partial charge in [-0.25, -0.2) is 0 Å². The van der Waals surface area contributed by atoms with E-state index < -0.39 is 0 Å². The smallest absolute Gasteiger partial charge is 0.231 e. The van der Waals surface area contributed by atoms with Crippen molar-refractivity contribution in [1.29, 1.82) is 0 Å². The lowest BCUT2D eigenvalue weighted by Crippen LogP contribution is -3.11. The van der Waals surface area contributed by atoms with Crippen LogP contribution in [0.4, 0.5) is 0 Å². The molecule has 2 aromatic rings. The fraction of sp³-hybridized carbons (Fsp3) is 0.375. The molecule has 0 spiro atoms. The Hall–Kier alpha value is -2.67. The van der Waals surface area contributed by atoms with E-state index in [-0.39, 0.29) is 17.3 Å². The highest BCUT2D eigenvalue weighted by atomic mass is 16.5. The molecule has 6 heteroatoms. The van der Waals surface area contributed by atoms with E-state index in [0.29, 0.717) is 36.6 Å². The van der Waals surface area contributed by atoms with Crippen LogP contribution in [0.3, 0.4) is 0 Å². The van der Waals surface area contributed by atoms with Crippen molar-refractivity contribution in [2.45, 2.75) is 19.9 Å². The van der Waals surface area contributed by atoms with Gasteiger partial charge in [-0.1, -0.05) is 31.2 Å². The van der Waals surface area contributed by atoms with E-state index >= 15 is 0 Å². The molecule has 1 aliphatic heterocycles. The van der Waals surface area contributed by atoms with Crippen molar-refractivity contribution < 1.29 is 29.0 Å². The summed E-state index contributed by atoms with van der Waals surface area (Å²) < 4.78 is 16.4. The first-order valence-corrected chi connectivity index (χ1v) is 10.3. The van der Waals surface area contributed by atoms with Crippen LogP contribution in [0.5, 0.6) is 11.5 Å². The molecule has 0 aromatic heterocycles. The number of ether oxygens (including phenoxy) is 3. The molecule has 0 unspecified atom stereocenters. The number of hydrogen-bond donors (Lipinski definition) is 2. The van der Waals surface area contributed by atoms with Crippen molar-refractivity contribution in [3.05, 3.63) is 64.4 Å². The predicted molar refractivity (Wildman–Crippen MR) is 115 cm³/mol. The number of benzene rings is 2. The number of hydrogen-bond acceptors (Lipinski definition) is 5. The molecule has 0 fully saturated rings. The number of nitrogens with one attached hydrogen (secondary N) is 1. The Morgan fingerprint density at radius 1 is 1.03 bits per heavy atom. The Kier molecular flexibility index (Phi) is 7.63. The molecule has 0 aliphatic carbocycles. The van der Waals surface area contributed by atoms with Crippen molar-refractivity contribution in [2.24, 2.45) is 0 Å². The molecule has 0 saturated heterocycles. The van der Waals surface area contributed by atoms with Crippen LogP contribution >= 0.6 is 0 Å². The van der Waals surface area contributed by atoms with Crippen molar-refractivity contribution in [3.8, 4) is 11.5 Å². The van der Waals surface area contributed by atoms with Crippen molar-refractivity contribution >= 4 is 11.9 Å². The largest absolute Gasteiger partial charge is 0.507 e. The second kappa shape index (κ2) is 10.4. The Bertz CT molecular complexity index is 897. The van der Waals surface area contributed by atoms with Gasteiger partial charge in [0.2, 0.25) is 5.78 Å². The molecule has 0 saturated carbocycles. The summed E-state index contributed by atoms with van der Waals surface area (Å²) in [7, 11) is 3.33. The lowest BCUT2D eigenvalue weighted by Gasteiger charge is -2.20. The first kappa shape index (κ1) is 22.0. The molecular formula is C24H30NO5+. The maximum absolute atomic E-state index is 12.9. The standard InChI is InChI=1S/C24H29NO5/c1-4-17-5-7-18(8-6-17)15-22-23(27)19-9-10-21(26)20(24(19)30-22)16-25(11-13-28-2)12-14-29-3/h5-10,15,26H,4,11-14,16H2,1-3H3/p+1/b22-15-. The molecular weight excluding hydrogens is 382 g/mol. The van der Waals surface area contributed by atoms with Gasteiger partial charge in [0.05, 0.1) is 24.3 Å². The zero-order valence-corrected chi connectivity index (χ0v) is 17.9. The third-order valence-corrected chi connectivity index (χ3v) is 5.35. The second-order valence-electron chi connectivity index (χ2n) is 7.39. The molecule has 0 bridgehead atoms. The minimum Gasteiger partial charge on any atom is -0.507 e. The van der Waals surface area contributed by atoms with Gasteiger partial charge in [-0.15, -0.1) is 0 Å². The van der Waals surface area contributed by atoms with Crippen LogP contribution in [0.2, 0.25) is 0 Å². The highest BCUT2D eigenvalue weighted by molar-refractivity contribution is 6.14. The average Bonchev–Trinajstić information content (AvgIpc) is 3.07. The monoisotopic (exact) mass is 412 g/mol. The second-order valence-corrected chi connectivity index (χ2v) is 7.39. The summed E-state index contributed by atoms with van der Waals surface area (Å²) in [6.45, 7) is 5.30. The lowest BCUT2D eigenvalue weighted by molar-refractivity contribution is -0.914. The van der Waals surface area contributed by atoms with Gasteiger partial charge in [-0.05, 0) is 35.8 Å². The Labute approximate surface area is 177 Å². The fourth-order valence-electron chi connectivity index (χ4n) is 3.51. The number of aryl methyl sites for hydroxylation is 1. The number of methoxy groups -OCH3 is 2. The number of fused-ring (bicyclic) bond motifs is 1. The quantitative estimate of drug-likeness (QED) is 0.586. The molecule has 2 aromatic carbocycles. The third kappa shape index (κ3) is 5.08. The summed E-state index contributed by atoms with van der Waals surface area (Å²) in [4.78, 5) is 14.1. The number of carbonyl (C=O) groups excluding carboxylic acids is 1. The maximum Gasteiger partial charge on any atom is 0.231 e. The van der Waals surface area contributed by atoms with E-state index in [1.54, 1.807) is 32.4 Å². The molecule has 30 heavy (non-hydrogen) atoms. The summed E-state index contributed by atoms with van der Waals surface area (Å²) >= 11 is 0. The SMILES string of the molecule is CCc1ccc(/C=C2\Oc3c(ccc(O)c3C[NH+](CCOC)CCOC)C2=O)cc1. The van der Waals surface area contributed by atoms with E-state index in [9.17, 15) is 9.90 Å². The van der Waals surface area contributed by atoms with Crippen LogP contribution in [-0.2, 0) is 22.4 Å². The number of ketones is 1. The molecule has 3 rings (SSSR count). The number of phenolic OH excluding ortho intramolecular Hbond substituents is 1. The van der Waals surface area contributed by atoms with Gasteiger partial charge < -0.3 is 24.2 Å². The van der Waals surface area contributed by atoms with Gasteiger partial charge in [0.1, 0.15) is 25.4 Å². The number of Topliss-reactive ketones (excluding diaryl/α,β-unsaturated/α-hetero) is 1. The number of quaternary nitrogens is 1. The van der Waals surface area contributed by atoms with E-state index in [0.717, 1.165) is 25.1 Å². The molecule has 160 valence electrons. The number of rotatable bonds is 10. The van der Waals surface area contributed by atoms with Crippen LogP contribution in [0, 0.1) is 0 Å². The van der Waals surface area contributed by atoms with E-state index in [4.69, 9.17) is 14.2 Å². The fourth-order valence-corrected chi connectivity index (χ4v) is 3.51. The molecule has 0 amide bonds. The molecule has 1 heterocycles. The van der Waals surface area contributed by atoms with Gasteiger partial charge in [-0.3, -0.25) is 4.79 Å². The highest BCUT2D eigenvalue weighted by Crippen LogP contribution is 2.39. The number of carbonyl (C=O) groups is 1. The first-order chi connectivity index (χ1) is 14.6. The topological polar surface area (TPSA) is 69.4 Å².